The molecule has 1 aromatic heterocycles. The van der Waals surface area contributed by atoms with Crippen molar-refractivity contribution in [3.63, 3.8) is 0 Å². The number of thiazole rings is 1. The van der Waals surface area contributed by atoms with Gasteiger partial charge in [0.2, 0.25) is 0 Å². The molecule has 0 aliphatic heterocycles. The average Bonchev–Trinajstić information content (AvgIpc) is 2.93. The molecule has 1 heterocycles. The molecule has 1 aromatic carbocycles. The molecule has 0 aliphatic carbocycles. The van der Waals surface area contributed by atoms with E-state index in [-0.39, 0.29) is 18.7 Å². The van der Waals surface area contributed by atoms with Crippen molar-refractivity contribution in [2.75, 3.05) is 11.9 Å². The van der Waals surface area contributed by atoms with Crippen LogP contribution in [-0.2, 0) is 0 Å². The van der Waals surface area contributed by atoms with Gasteiger partial charge in [-0.1, -0.05) is 26.0 Å². The lowest BCUT2D eigenvalue weighted by Crippen LogP contribution is -2.40. The van der Waals surface area contributed by atoms with Gasteiger partial charge in [0.1, 0.15) is 5.01 Å². The Hall–Kier alpha value is -1.92. The highest BCUT2D eigenvalue weighted by atomic mass is 32.1. The standard InChI is InChI=1S/C17H23N3O2S/c1-11(2)7-15(9-21)20-17(22)19-14-6-4-5-13(8-14)16-18-12(3)10-23-16/h4-6,8,10-11,15,21H,7,9H2,1-3H3,(H2,19,20,22). The molecule has 3 N–H and O–H groups in total. The fourth-order valence-corrected chi connectivity index (χ4v) is 3.11. The van der Waals surface area contributed by atoms with E-state index in [1.165, 1.54) is 0 Å². The first-order valence-electron chi connectivity index (χ1n) is 7.69. The van der Waals surface area contributed by atoms with E-state index in [0.29, 0.717) is 11.6 Å². The highest BCUT2D eigenvalue weighted by Gasteiger charge is 2.13. The van der Waals surface area contributed by atoms with Crippen molar-refractivity contribution >= 4 is 23.1 Å². The maximum absolute atomic E-state index is 12.1. The molecule has 5 nitrogen and oxygen atoms in total. The Bertz CT molecular complexity index is 655. The summed E-state index contributed by atoms with van der Waals surface area (Å²) >= 11 is 1.58. The van der Waals surface area contributed by atoms with Crippen LogP contribution < -0.4 is 10.6 Å². The van der Waals surface area contributed by atoms with E-state index < -0.39 is 0 Å². The summed E-state index contributed by atoms with van der Waals surface area (Å²) in [5, 5.41) is 17.9. The van der Waals surface area contributed by atoms with Crippen LogP contribution in [0.25, 0.3) is 10.6 Å². The number of urea groups is 1. The minimum Gasteiger partial charge on any atom is -0.394 e. The normalized spacial score (nSPS) is 12.2. The van der Waals surface area contributed by atoms with Crippen molar-refractivity contribution in [2.24, 2.45) is 5.92 Å². The number of nitrogens with zero attached hydrogens (tertiary/aromatic N) is 1. The zero-order chi connectivity index (χ0) is 16.8. The minimum atomic E-state index is -0.308. The Balaban J connectivity index is 2.01. The second-order valence-electron chi connectivity index (χ2n) is 5.98. The first kappa shape index (κ1) is 17.4. The van der Waals surface area contributed by atoms with Gasteiger partial charge >= 0.3 is 6.03 Å². The van der Waals surface area contributed by atoms with Gasteiger partial charge in [-0.25, -0.2) is 9.78 Å². The number of aliphatic hydroxyl groups excluding tert-OH is 1. The molecule has 2 amide bonds. The van der Waals surface area contributed by atoms with Crippen LogP contribution in [0.2, 0.25) is 0 Å². The summed E-state index contributed by atoms with van der Waals surface area (Å²) in [4.78, 5) is 16.5. The largest absolute Gasteiger partial charge is 0.394 e. The molecule has 23 heavy (non-hydrogen) atoms. The Morgan fingerprint density at radius 3 is 2.78 bits per heavy atom. The number of nitrogens with one attached hydrogen (secondary N) is 2. The maximum Gasteiger partial charge on any atom is 0.319 e. The third-order valence-electron chi connectivity index (χ3n) is 3.30. The van der Waals surface area contributed by atoms with Crippen LogP contribution in [0.5, 0.6) is 0 Å². The summed E-state index contributed by atoms with van der Waals surface area (Å²) in [7, 11) is 0. The number of amides is 2. The third-order valence-corrected chi connectivity index (χ3v) is 4.31. The SMILES string of the molecule is Cc1csc(-c2cccc(NC(=O)NC(CO)CC(C)C)c2)n1. The van der Waals surface area contributed by atoms with Gasteiger partial charge in [-0.05, 0) is 31.4 Å². The highest BCUT2D eigenvalue weighted by Crippen LogP contribution is 2.25. The number of carbonyl (C=O) groups is 1. The molecule has 0 saturated heterocycles. The van der Waals surface area contributed by atoms with Gasteiger partial charge in [0.15, 0.2) is 0 Å². The lowest BCUT2D eigenvalue weighted by Gasteiger charge is -2.18. The second kappa shape index (κ2) is 8.08. The molecule has 1 atom stereocenters. The van der Waals surface area contributed by atoms with Gasteiger partial charge in [0.05, 0.1) is 12.6 Å². The van der Waals surface area contributed by atoms with Gasteiger partial charge in [-0.15, -0.1) is 11.3 Å². The molecular formula is C17H23N3O2S. The van der Waals surface area contributed by atoms with Gasteiger partial charge < -0.3 is 15.7 Å². The molecule has 124 valence electrons. The molecule has 6 heteroatoms. The van der Waals surface area contributed by atoms with E-state index in [4.69, 9.17) is 0 Å². The van der Waals surface area contributed by atoms with Crippen molar-refractivity contribution in [2.45, 2.75) is 33.2 Å². The van der Waals surface area contributed by atoms with Crippen LogP contribution in [0.3, 0.4) is 0 Å². The number of aromatic nitrogens is 1. The Morgan fingerprint density at radius 1 is 1.39 bits per heavy atom. The van der Waals surface area contributed by atoms with Crippen molar-refractivity contribution in [1.29, 1.82) is 0 Å². The smallest absolute Gasteiger partial charge is 0.319 e. The van der Waals surface area contributed by atoms with Gasteiger partial charge in [-0.2, -0.15) is 0 Å². The molecule has 0 radical (unpaired) electrons. The van der Waals surface area contributed by atoms with Crippen molar-refractivity contribution in [3.05, 3.63) is 35.3 Å². The molecule has 0 spiro atoms. The number of rotatable bonds is 6. The molecule has 0 aliphatic rings. The zero-order valence-electron chi connectivity index (χ0n) is 13.7. The lowest BCUT2D eigenvalue weighted by atomic mass is 10.0. The molecule has 0 saturated carbocycles. The molecule has 0 fully saturated rings. The Kier molecular flexibility index (Phi) is 6.12. The number of carbonyl (C=O) groups excluding carboxylic acids is 1. The van der Waals surface area contributed by atoms with E-state index in [0.717, 1.165) is 22.7 Å². The topological polar surface area (TPSA) is 74.2 Å². The summed E-state index contributed by atoms with van der Waals surface area (Å²) < 4.78 is 0. The summed E-state index contributed by atoms with van der Waals surface area (Å²) in [6, 6.07) is 7.04. The number of aliphatic hydroxyl groups is 1. The maximum atomic E-state index is 12.1. The molecule has 2 aromatic rings. The van der Waals surface area contributed by atoms with E-state index in [1.54, 1.807) is 11.3 Å². The van der Waals surface area contributed by atoms with Crippen LogP contribution in [-0.4, -0.2) is 28.8 Å². The van der Waals surface area contributed by atoms with Crippen LogP contribution in [0.4, 0.5) is 10.5 Å². The summed E-state index contributed by atoms with van der Waals surface area (Å²) in [6.45, 7) is 6.01. The number of aryl methyl sites for hydroxylation is 1. The monoisotopic (exact) mass is 333 g/mol. The zero-order valence-corrected chi connectivity index (χ0v) is 14.5. The van der Waals surface area contributed by atoms with Crippen LogP contribution in [0, 0.1) is 12.8 Å². The fourth-order valence-electron chi connectivity index (χ4n) is 2.32. The number of benzene rings is 1. The molecule has 1 unspecified atom stereocenters. The Morgan fingerprint density at radius 2 is 2.17 bits per heavy atom. The van der Waals surface area contributed by atoms with E-state index in [9.17, 15) is 9.90 Å². The predicted octanol–water partition coefficient (Wildman–Crippen LogP) is 3.65. The summed E-state index contributed by atoms with van der Waals surface area (Å²) in [6.07, 6.45) is 0.738. The summed E-state index contributed by atoms with van der Waals surface area (Å²) in [5.41, 5.74) is 2.66. The van der Waals surface area contributed by atoms with Crippen LogP contribution in [0.15, 0.2) is 29.6 Å². The van der Waals surface area contributed by atoms with Crippen LogP contribution >= 0.6 is 11.3 Å². The predicted molar refractivity (Wildman–Crippen MR) is 94.8 cm³/mol. The van der Waals surface area contributed by atoms with Crippen molar-refractivity contribution < 1.29 is 9.90 Å². The molecule has 2 rings (SSSR count). The van der Waals surface area contributed by atoms with E-state index in [2.05, 4.69) is 29.5 Å². The third kappa shape index (κ3) is 5.33. The fraction of sp³-hybridized carbons (Fsp3) is 0.412. The number of hydrogen-bond donors (Lipinski definition) is 3. The van der Waals surface area contributed by atoms with Crippen LogP contribution in [0.1, 0.15) is 26.0 Å². The van der Waals surface area contributed by atoms with E-state index >= 15 is 0 Å². The minimum absolute atomic E-state index is 0.0654. The van der Waals surface area contributed by atoms with Gasteiger partial charge in [0.25, 0.3) is 0 Å². The van der Waals surface area contributed by atoms with Crippen molar-refractivity contribution in [3.8, 4) is 10.6 Å². The quantitative estimate of drug-likeness (QED) is 0.755. The number of hydrogen-bond acceptors (Lipinski definition) is 4. The molecule has 0 bridgehead atoms. The first-order valence-corrected chi connectivity index (χ1v) is 8.57. The molecular weight excluding hydrogens is 310 g/mol. The van der Waals surface area contributed by atoms with E-state index in [1.807, 2.05) is 36.6 Å². The highest BCUT2D eigenvalue weighted by molar-refractivity contribution is 7.13. The van der Waals surface area contributed by atoms with Gasteiger partial charge in [-0.3, -0.25) is 0 Å². The van der Waals surface area contributed by atoms with Gasteiger partial charge in [0, 0.05) is 22.3 Å². The summed E-state index contributed by atoms with van der Waals surface area (Å²) in [5.74, 6) is 0.406. The first-order chi connectivity index (χ1) is 11.0. The number of anilines is 1. The second-order valence-corrected chi connectivity index (χ2v) is 6.84. The average molecular weight is 333 g/mol. The van der Waals surface area contributed by atoms with Crippen molar-refractivity contribution in [1.82, 2.24) is 10.3 Å². The Labute approximate surface area is 140 Å². The lowest BCUT2D eigenvalue weighted by molar-refractivity contribution is 0.214.